The normalized spacial score (nSPS) is 23.8. The molecule has 0 aliphatic carbocycles. The molecular weight excluding hydrogens is 268 g/mol. The van der Waals surface area contributed by atoms with Gasteiger partial charge in [0, 0.05) is 32.2 Å². The Bertz CT molecular complexity index is 383. The third-order valence-electron chi connectivity index (χ3n) is 3.44. The van der Waals surface area contributed by atoms with E-state index in [2.05, 4.69) is 10.6 Å². The average molecular weight is 292 g/mol. The Morgan fingerprint density at radius 1 is 1.53 bits per heavy atom. The van der Waals surface area contributed by atoms with Gasteiger partial charge >= 0.3 is 0 Å². The molecule has 6 nitrogen and oxygen atoms in total. The number of nitrogens with one attached hydrogen (secondary N) is 2. The van der Waals surface area contributed by atoms with E-state index in [0.29, 0.717) is 19.5 Å². The van der Waals surface area contributed by atoms with Crippen LogP contribution in [-0.4, -0.2) is 56.7 Å². The first-order chi connectivity index (χ1) is 8.96. The average Bonchev–Trinajstić information content (AvgIpc) is 2.33. The van der Waals surface area contributed by atoms with Crippen LogP contribution in [0.4, 0.5) is 0 Å². The van der Waals surface area contributed by atoms with Crippen molar-refractivity contribution in [2.75, 3.05) is 31.2 Å². The van der Waals surface area contributed by atoms with E-state index in [-0.39, 0.29) is 42.4 Å². The van der Waals surface area contributed by atoms with Crippen LogP contribution in [-0.2, 0) is 14.6 Å². The lowest BCUT2D eigenvalue weighted by Gasteiger charge is -2.23. The van der Waals surface area contributed by atoms with Gasteiger partial charge in [-0.2, -0.15) is 0 Å². The monoisotopic (exact) mass is 292 g/mol. The van der Waals surface area contributed by atoms with E-state index < -0.39 is 9.84 Å². The molecule has 1 rings (SSSR count). The molecule has 0 spiro atoms. The lowest BCUT2D eigenvalue weighted by atomic mass is 10.0. The van der Waals surface area contributed by atoms with E-state index in [9.17, 15) is 13.2 Å². The number of hydrogen-bond donors (Lipinski definition) is 3. The van der Waals surface area contributed by atoms with Crippen molar-refractivity contribution < 1.29 is 18.3 Å². The topological polar surface area (TPSA) is 95.5 Å². The molecule has 1 amide bonds. The van der Waals surface area contributed by atoms with Crippen LogP contribution in [0.2, 0.25) is 0 Å². The second-order valence-electron chi connectivity index (χ2n) is 5.06. The summed E-state index contributed by atoms with van der Waals surface area (Å²) in [6.45, 7) is 3.09. The molecule has 0 aromatic heterocycles. The number of aliphatic hydroxyl groups excluding tert-OH is 1. The zero-order valence-electron chi connectivity index (χ0n) is 11.4. The largest absolute Gasteiger partial charge is 0.396 e. The lowest BCUT2D eigenvalue weighted by molar-refractivity contribution is -0.121. The Morgan fingerprint density at radius 2 is 2.26 bits per heavy atom. The first-order valence-corrected chi connectivity index (χ1v) is 8.60. The fourth-order valence-corrected chi connectivity index (χ4v) is 3.63. The lowest BCUT2D eigenvalue weighted by Crippen LogP contribution is -2.47. The molecule has 0 aromatic carbocycles. The first-order valence-electron chi connectivity index (χ1n) is 6.78. The van der Waals surface area contributed by atoms with Gasteiger partial charge in [0.1, 0.15) is 0 Å². The molecule has 19 heavy (non-hydrogen) atoms. The summed E-state index contributed by atoms with van der Waals surface area (Å²) in [7, 11) is -3.00. The van der Waals surface area contributed by atoms with Crippen LogP contribution in [0.15, 0.2) is 0 Å². The van der Waals surface area contributed by atoms with E-state index in [4.69, 9.17) is 5.11 Å². The number of aliphatic hydroxyl groups is 1. The van der Waals surface area contributed by atoms with Crippen LogP contribution < -0.4 is 10.6 Å². The minimum atomic E-state index is -3.00. The number of carbonyl (C=O) groups excluding carboxylic acids is 1. The Kier molecular flexibility index (Phi) is 6.74. The van der Waals surface area contributed by atoms with Gasteiger partial charge in [0.2, 0.25) is 5.91 Å². The Labute approximate surface area is 114 Å². The molecule has 1 heterocycles. The fourth-order valence-electron chi connectivity index (χ4n) is 2.19. The summed E-state index contributed by atoms with van der Waals surface area (Å²) in [5, 5.41) is 14.7. The maximum Gasteiger partial charge on any atom is 0.221 e. The summed E-state index contributed by atoms with van der Waals surface area (Å²) in [6, 6.07) is -0.281. The maximum absolute atomic E-state index is 11.7. The number of hydrogen-bond acceptors (Lipinski definition) is 5. The molecule has 0 saturated carbocycles. The quantitative estimate of drug-likeness (QED) is 0.576. The van der Waals surface area contributed by atoms with Gasteiger partial charge in [0.15, 0.2) is 9.84 Å². The van der Waals surface area contributed by atoms with Crippen molar-refractivity contribution in [1.82, 2.24) is 10.6 Å². The highest BCUT2D eigenvalue weighted by Crippen LogP contribution is 2.07. The summed E-state index contributed by atoms with van der Waals surface area (Å²) in [4.78, 5) is 11.7. The van der Waals surface area contributed by atoms with E-state index in [1.165, 1.54) is 0 Å². The van der Waals surface area contributed by atoms with Crippen molar-refractivity contribution in [2.24, 2.45) is 5.92 Å². The van der Waals surface area contributed by atoms with Crippen LogP contribution >= 0.6 is 0 Å². The molecule has 2 unspecified atom stereocenters. The molecule has 0 radical (unpaired) electrons. The molecule has 2 atom stereocenters. The van der Waals surface area contributed by atoms with Gasteiger partial charge in [0.25, 0.3) is 0 Å². The highest BCUT2D eigenvalue weighted by Gasteiger charge is 2.25. The van der Waals surface area contributed by atoms with Gasteiger partial charge < -0.3 is 15.7 Å². The smallest absolute Gasteiger partial charge is 0.221 e. The second kappa shape index (κ2) is 7.81. The van der Waals surface area contributed by atoms with Crippen molar-refractivity contribution in [3.63, 3.8) is 0 Å². The number of amides is 1. The highest BCUT2D eigenvalue weighted by molar-refractivity contribution is 7.91. The van der Waals surface area contributed by atoms with Gasteiger partial charge in [0.05, 0.1) is 11.5 Å². The van der Waals surface area contributed by atoms with Crippen LogP contribution in [0.3, 0.4) is 0 Å². The summed E-state index contributed by atoms with van der Waals surface area (Å²) < 4.78 is 22.9. The summed E-state index contributed by atoms with van der Waals surface area (Å²) in [6.07, 6.45) is 1.76. The standard InChI is InChI=1S/C12H24N2O4S/c1-2-10(3-5-15)8-14-12(16)7-11-9-19(17,18)6-4-13-11/h10-11,13,15H,2-9H2,1H3,(H,14,16). The molecule has 3 N–H and O–H groups in total. The van der Waals surface area contributed by atoms with Crippen molar-refractivity contribution in [3.05, 3.63) is 0 Å². The fraction of sp³-hybridized carbons (Fsp3) is 0.917. The van der Waals surface area contributed by atoms with Crippen molar-refractivity contribution in [1.29, 1.82) is 0 Å². The predicted octanol–water partition coefficient (Wildman–Crippen LogP) is -0.712. The van der Waals surface area contributed by atoms with Gasteiger partial charge in [-0.15, -0.1) is 0 Å². The molecular formula is C12H24N2O4S. The first kappa shape index (κ1) is 16.4. The van der Waals surface area contributed by atoms with Gasteiger partial charge in [-0.05, 0) is 12.3 Å². The van der Waals surface area contributed by atoms with Crippen molar-refractivity contribution >= 4 is 15.7 Å². The Balaban J connectivity index is 2.31. The van der Waals surface area contributed by atoms with Crippen molar-refractivity contribution in [3.8, 4) is 0 Å². The molecule has 1 aliphatic rings. The van der Waals surface area contributed by atoms with E-state index in [1.807, 2.05) is 6.92 Å². The van der Waals surface area contributed by atoms with Crippen LogP contribution in [0.25, 0.3) is 0 Å². The molecule has 1 saturated heterocycles. The Hall–Kier alpha value is -0.660. The number of rotatable bonds is 7. The summed E-state index contributed by atoms with van der Waals surface area (Å²) in [5.74, 6) is 0.330. The summed E-state index contributed by atoms with van der Waals surface area (Å²) >= 11 is 0. The zero-order chi connectivity index (χ0) is 14.3. The second-order valence-corrected chi connectivity index (χ2v) is 7.29. The van der Waals surface area contributed by atoms with Crippen LogP contribution in [0, 0.1) is 5.92 Å². The van der Waals surface area contributed by atoms with Crippen molar-refractivity contribution in [2.45, 2.75) is 32.2 Å². The van der Waals surface area contributed by atoms with E-state index >= 15 is 0 Å². The van der Waals surface area contributed by atoms with Crippen LogP contribution in [0.1, 0.15) is 26.2 Å². The molecule has 0 bridgehead atoms. The van der Waals surface area contributed by atoms with E-state index in [0.717, 1.165) is 6.42 Å². The Morgan fingerprint density at radius 3 is 2.84 bits per heavy atom. The highest BCUT2D eigenvalue weighted by atomic mass is 32.2. The molecule has 1 fully saturated rings. The third-order valence-corrected chi connectivity index (χ3v) is 5.17. The minimum Gasteiger partial charge on any atom is -0.396 e. The predicted molar refractivity (Wildman–Crippen MR) is 73.6 cm³/mol. The zero-order valence-corrected chi connectivity index (χ0v) is 12.2. The van der Waals surface area contributed by atoms with Gasteiger partial charge in [-0.3, -0.25) is 4.79 Å². The van der Waals surface area contributed by atoms with E-state index in [1.54, 1.807) is 0 Å². The molecule has 7 heteroatoms. The van der Waals surface area contributed by atoms with Crippen LogP contribution in [0.5, 0.6) is 0 Å². The maximum atomic E-state index is 11.7. The molecule has 1 aliphatic heterocycles. The van der Waals surface area contributed by atoms with Gasteiger partial charge in [-0.25, -0.2) is 8.42 Å². The molecule has 112 valence electrons. The minimum absolute atomic E-state index is 0.0360. The summed E-state index contributed by atoms with van der Waals surface area (Å²) in [5.41, 5.74) is 0. The number of carbonyl (C=O) groups is 1. The van der Waals surface area contributed by atoms with Gasteiger partial charge in [-0.1, -0.05) is 13.3 Å². The third kappa shape index (κ3) is 6.35. The number of sulfone groups is 1. The SMILES string of the molecule is CCC(CCO)CNC(=O)CC1CS(=O)(=O)CCN1. The molecule has 0 aromatic rings.